The van der Waals surface area contributed by atoms with E-state index in [1.165, 1.54) is 57.1 Å². The molecule has 0 saturated heterocycles. The summed E-state index contributed by atoms with van der Waals surface area (Å²) < 4.78 is 14.0. The Hall–Kier alpha value is -1.11. The van der Waals surface area contributed by atoms with Gasteiger partial charge in [-0.2, -0.15) is 11.8 Å². The highest BCUT2D eigenvalue weighted by molar-refractivity contribution is 7.99. The van der Waals surface area contributed by atoms with Gasteiger partial charge in [0.2, 0.25) is 0 Å². The summed E-state index contributed by atoms with van der Waals surface area (Å²) in [5.41, 5.74) is 0.745. The van der Waals surface area contributed by atoms with Crippen LogP contribution in [0.3, 0.4) is 0 Å². The van der Waals surface area contributed by atoms with Crippen LogP contribution in [0.5, 0.6) is 0 Å². The lowest BCUT2D eigenvalue weighted by molar-refractivity contribution is -0.137. The molecule has 0 aliphatic rings. The molecule has 0 aliphatic heterocycles. The summed E-state index contributed by atoms with van der Waals surface area (Å²) in [6, 6.07) is 0. The Kier molecular flexibility index (Phi) is 15.1. The fourth-order valence-corrected chi connectivity index (χ4v) is 3.98. The molecule has 0 fully saturated rings. The Bertz CT molecular complexity index is 486. The van der Waals surface area contributed by atoms with Gasteiger partial charge in [-0.25, -0.2) is 0 Å². The van der Waals surface area contributed by atoms with Crippen LogP contribution in [0.1, 0.15) is 82.7 Å². The number of alkyl halides is 1. The molecule has 7 heteroatoms. The maximum absolute atomic E-state index is 12.2. The second-order valence-electron chi connectivity index (χ2n) is 7.06. The number of rotatable bonds is 19. The molecule has 0 aromatic carbocycles. The fourth-order valence-electron chi connectivity index (χ4n) is 2.96. The van der Waals surface area contributed by atoms with Crippen molar-refractivity contribution in [1.29, 1.82) is 0 Å². The van der Waals surface area contributed by atoms with Crippen molar-refractivity contribution in [1.82, 2.24) is 15.0 Å². The van der Waals surface area contributed by atoms with Crippen molar-refractivity contribution in [2.45, 2.75) is 90.0 Å². The van der Waals surface area contributed by atoms with Crippen LogP contribution in [-0.4, -0.2) is 44.3 Å². The van der Waals surface area contributed by atoms with Gasteiger partial charge in [0.1, 0.15) is 0 Å². The third-order valence-corrected chi connectivity index (χ3v) is 5.70. The zero-order valence-corrected chi connectivity index (χ0v) is 17.4. The minimum atomic E-state index is -0.682. The largest absolute Gasteiger partial charge is 0.481 e. The summed E-state index contributed by atoms with van der Waals surface area (Å²) in [7, 11) is 0. The van der Waals surface area contributed by atoms with Crippen LogP contribution in [-0.2, 0) is 17.8 Å². The Morgan fingerprint density at radius 3 is 2.19 bits per heavy atom. The normalized spacial score (nSPS) is 11.1. The maximum atomic E-state index is 12.2. The lowest BCUT2D eigenvalue weighted by Gasteiger charge is -2.03. The standard InChI is InChI=1S/C20H36FN3O2S/c21-14-13-19-18-24(23-22-19)15-9-6-4-2-1-3-5-7-10-16-27-17-11-8-12-20(25)26/h18H,1-17H2,(H,25,26). The molecular weight excluding hydrogens is 365 g/mol. The van der Waals surface area contributed by atoms with Gasteiger partial charge in [0.15, 0.2) is 0 Å². The molecule has 0 aliphatic carbocycles. The molecule has 1 rings (SSSR count). The van der Waals surface area contributed by atoms with Crippen molar-refractivity contribution in [3.05, 3.63) is 11.9 Å². The maximum Gasteiger partial charge on any atom is 0.303 e. The molecule has 1 heterocycles. The van der Waals surface area contributed by atoms with Crippen LogP contribution in [0.25, 0.3) is 0 Å². The van der Waals surface area contributed by atoms with Crippen molar-refractivity contribution < 1.29 is 14.3 Å². The van der Waals surface area contributed by atoms with Crippen molar-refractivity contribution >= 4 is 17.7 Å². The summed E-state index contributed by atoms with van der Waals surface area (Å²) >= 11 is 1.96. The molecule has 5 nitrogen and oxygen atoms in total. The molecule has 27 heavy (non-hydrogen) atoms. The number of carboxylic acid groups (broad SMARTS) is 1. The number of unbranched alkanes of at least 4 members (excludes halogenated alkanes) is 9. The molecule has 156 valence electrons. The quantitative estimate of drug-likeness (QED) is 0.319. The van der Waals surface area contributed by atoms with E-state index in [-0.39, 0.29) is 6.67 Å². The number of halogens is 1. The highest BCUT2D eigenvalue weighted by Crippen LogP contribution is 2.13. The average Bonchev–Trinajstić information content (AvgIpc) is 3.09. The van der Waals surface area contributed by atoms with Crippen LogP contribution >= 0.6 is 11.8 Å². The summed E-state index contributed by atoms with van der Waals surface area (Å²) in [6.45, 7) is 0.513. The molecule has 0 spiro atoms. The number of hydrogen-bond acceptors (Lipinski definition) is 4. The number of aryl methyl sites for hydroxylation is 2. The first-order valence-corrected chi connectivity index (χ1v) is 11.6. The van der Waals surface area contributed by atoms with Crippen LogP contribution in [0.4, 0.5) is 4.39 Å². The lowest BCUT2D eigenvalue weighted by atomic mass is 10.1. The molecule has 0 bridgehead atoms. The molecule has 1 aromatic rings. The van der Waals surface area contributed by atoms with E-state index in [0.29, 0.717) is 12.8 Å². The number of nitrogens with zero attached hydrogens (tertiary/aromatic N) is 3. The summed E-state index contributed by atoms with van der Waals surface area (Å²) in [4.78, 5) is 10.4. The van der Waals surface area contributed by atoms with E-state index in [2.05, 4.69) is 10.3 Å². The zero-order valence-electron chi connectivity index (χ0n) is 16.6. The molecule has 1 N–H and O–H groups in total. The zero-order chi connectivity index (χ0) is 19.6. The fraction of sp³-hybridized carbons (Fsp3) is 0.850. The van der Waals surface area contributed by atoms with E-state index >= 15 is 0 Å². The molecular formula is C20H36FN3O2S. The van der Waals surface area contributed by atoms with Crippen molar-refractivity contribution in [2.75, 3.05) is 18.2 Å². The SMILES string of the molecule is O=C(O)CCCCSCCCCCCCCCCCn1cc(CCF)nn1. The third kappa shape index (κ3) is 14.6. The minimum Gasteiger partial charge on any atom is -0.481 e. The highest BCUT2D eigenvalue weighted by atomic mass is 32.2. The van der Waals surface area contributed by atoms with E-state index < -0.39 is 5.97 Å². The summed E-state index contributed by atoms with van der Waals surface area (Å²) in [5, 5.41) is 16.5. The van der Waals surface area contributed by atoms with E-state index in [1.807, 2.05) is 22.6 Å². The number of hydrogen-bond donors (Lipinski definition) is 1. The highest BCUT2D eigenvalue weighted by Gasteiger charge is 2.00. The number of aliphatic carboxylic acids is 1. The van der Waals surface area contributed by atoms with Crippen LogP contribution in [0.15, 0.2) is 6.20 Å². The van der Waals surface area contributed by atoms with Gasteiger partial charge in [-0.1, -0.05) is 50.2 Å². The lowest BCUT2D eigenvalue weighted by Crippen LogP contribution is -1.98. The van der Waals surface area contributed by atoms with Gasteiger partial charge in [0, 0.05) is 25.6 Å². The van der Waals surface area contributed by atoms with Gasteiger partial charge in [-0.15, -0.1) is 5.10 Å². The van der Waals surface area contributed by atoms with Gasteiger partial charge in [-0.05, 0) is 37.2 Å². The third-order valence-electron chi connectivity index (χ3n) is 4.54. The molecule has 0 atom stereocenters. The van der Waals surface area contributed by atoms with Gasteiger partial charge in [-0.3, -0.25) is 13.9 Å². The molecule has 1 aromatic heterocycles. The summed E-state index contributed by atoms with van der Waals surface area (Å²) in [6.07, 6.45) is 15.9. The van der Waals surface area contributed by atoms with Gasteiger partial charge < -0.3 is 5.11 Å². The number of carbonyl (C=O) groups is 1. The van der Waals surface area contributed by atoms with Crippen molar-refractivity contribution in [3.8, 4) is 0 Å². The monoisotopic (exact) mass is 401 g/mol. The summed E-state index contributed by atoms with van der Waals surface area (Å²) in [5.74, 6) is 1.63. The predicted octanol–water partition coefficient (Wildman–Crippen LogP) is 5.29. The van der Waals surface area contributed by atoms with Crippen LogP contribution in [0.2, 0.25) is 0 Å². The second-order valence-corrected chi connectivity index (χ2v) is 8.28. The smallest absolute Gasteiger partial charge is 0.303 e. The molecule has 0 unspecified atom stereocenters. The Labute approximate surface area is 167 Å². The molecule has 0 radical (unpaired) electrons. The minimum absolute atomic E-state index is 0.308. The topological polar surface area (TPSA) is 68.0 Å². The van der Waals surface area contributed by atoms with E-state index in [1.54, 1.807) is 0 Å². The first-order chi connectivity index (χ1) is 13.2. The van der Waals surface area contributed by atoms with E-state index in [0.717, 1.165) is 37.3 Å². The first kappa shape index (κ1) is 23.9. The molecule has 0 saturated carbocycles. The van der Waals surface area contributed by atoms with Crippen LogP contribution < -0.4 is 0 Å². The van der Waals surface area contributed by atoms with E-state index in [9.17, 15) is 9.18 Å². The predicted molar refractivity (Wildman–Crippen MR) is 110 cm³/mol. The van der Waals surface area contributed by atoms with Crippen molar-refractivity contribution in [2.24, 2.45) is 0 Å². The number of aromatic nitrogens is 3. The Morgan fingerprint density at radius 1 is 0.963 bits per heavy atom. The number of carboxylic acids is 1. The molecule has 0 amide bonds. The van der Waals surface area contributed by atoms with Gasteiger partial charge >= 0.3 is 5.97 Å². The van der Waals surface area contributed by atoms with E-state index in [4.69, 9.17) is 5.11 Å². The Morgan fingerprint density at radius 2 is 1.56 bits per heavy atom. The Balaban J connectivity index is 1.76. The first-order valence-electron chi connectivity index (χ1n) is 10.5. The van der Waals surface area contributed by atoms with Crippen LogP contribution in [0, 0.1) is 0 Å². The van der Waals surface area contributed by atoms with Gasteiger partial charge in [0.05, 0.1) is 12.4 Å². The van der Waals surface area contributed by atoms with Gasteiger partial charge in [0.25, 0.3) is 0 Å². The second kappa shape index (κ2) is 17.0. The number of thioether (sulfide) groups is 1. The average molecular weight is 402 g/mol. The van der Waals surface area contributed by atoms with Crippen molar-refractivity contribution in [3.63, 3.8) is 0 Å².